The molecule has 0 bridgehead atoms. The summed E-state index contributed by atoms with van der Waals surface area (Å²) < 4.78 is 9.41. The van der Waals surface area contributed by atoms with Gasteiger partial charge in [-0.25, -0.2) is 4.98 Å². The van der Waals surface area contributed by atoms with Crippen LogP contribution in [-0.4, -0.2) is 16.2 Å². The fourth-order valence-electron chi connectivity index (χ4n) is 9.83. The van der Waals surface area contributed by atoms with E-state index in [0.717, 1.165) is 34.0 Å². The minimum atomic E-state index is -0.138. The van der Waals surface area contributed by atoms with Crippen LogP contribution >= 0.6 is 0 Å². The average molecular weight is 943 g/mol. The Kier molecular flexibility index (Phi) is 12.0. The molecule has 0 saturated carbocycles. The summed E-state index contributed by atoms with van der Waals surface area (Å²) in [6, 6.07) is 48.0. The Bertz CT molecular complexity index is 3290. The van der Waals surface area contributed by atoms with Crippen LogP contribution < -0.4 is 14.5 Å². The third-order valence-electron chi connectivity index (χ3n) is 14.6. The quantitative estimate of drug-likeness (QED) is 0.166. The summed E-state index contributed by atoms with van der Waals surface area (Å²) in [5.41, 5.74) is 16.9. The summed E-state index contributed by atoms with van der Waals surface area (Å²) in [5, 5.41) is 2.37. The lowest BCUT2D eigenvalue weighted by Crippen LogP contribution is -2.25. The van der Waals surface area contributed by atoms with Crippen LogP contribution in [0.4, 0.5) is 22.7 Å². The highest BCUT2D eigenvalue weighted by molar-refractivity contribution is 6.09. The van der Waals surface area contributed by atoms with Gasteiger partial charge in [0, 0.05) is 40.5 Å². The standard InChI is InChI=1S/C66H78N4O/c1-61(2,3)44-23-25-54-55-26-24-52(40-59(55)70(58(54)37-44)60-38-45(27-28-67-60)62(4,5)6)71-53-36-49(66(16,17)18)35-51(39-53)69-41-68(56-21-19-20-22-57(56)69)50-32-43(31-48(34-50)65(13,14)15)42-29-46(63(7,8)9)33-47(30-42)64(10,11)12/h19-40H,41H2,1-18H3. The lowest BCUT2D eigenvalue weighted by Gasteiger charge is -2.29. The molecule has 8 aromatic rings. The first-order valence-corrected chi connectivity index (χ1v) is 25.8. The van der Waals surface area contributed by atoms with E-state index < -0.39 is 0 Å². The monoisotopic (exact) mass is 943 g/mol. The van der Waals surface area contributed by atoms with E-state index >= 15 is 0 Å². The van der Waals surface area contributed by atoms with Gasteiger partial charge in [0.1, 0.15) is 24.0 Å². The first kappa shape index (κ1) is 49.6. The first-order chi connectivity index (χ1) is 32.9. The molecule has 0 spiro atoms. The molecule has 0 aliphatic carbocycles. The number of hydrogen-bond donors (Lipinski definition) is 0. The van der Waals surface area contributed by atoms with Crippen molar-refractivity contribution in [1.29, 1.82) is 0 Å². The third kappa shape index (κ3) is 9.87. The van der Waals surface area contributed by atoms with Crippen molar-refractivity contribution in [2.24, 2.45) is 0 Å². The third-order valence-corrected chi connectivity index (χ3v) is 14.6. The highest BCUT2D eigenvalue weighted by atomic mass is 16.5. The number of para-hydroxylation sites is 2. The Morgan fingerprint density at radius 2 is 0.831 bits per heavy atom. The second-order valence-corrected chi connectivity index (χ2v) is 26.5. The molecule has 0 radical (unpaired) electrons. The molecule has 71 heavy (non-hydrogen) atoms. The van der Waals surface area contributed by atoms with E-state index in [9.17, 15) is 0 Å². The molecule has 9 rings (SSSR count). The lowest BCUT2D eigenvalue weighted by atomic mass is 9.78. The molecular weight excluding hydrogens is 865 g/mol. The van der Waals surface area contributed by atoms with Crippen LogP contribution in [0.2, 0.25) is 0 Å². The van der Waals surface area contributed by atoms with Gasteiger partial charge in [0.2, 0.25) is 0 Å². The maximum atomic E-state index is 7.08. The van der Waals surface area contributed by atoms with Crippen LogP contribution in [0.3, 0.4) is 0 Å². The number of rotatable bonds is 6. The molecule has 3 heterocycles. The van der Waals surface area contributed by atoms with E-state index in [-0.39, 0.29) is 32.5 Å². The van der Waals surface area contributed by atoms with Crippen molar-refractivity contribution in [3.05, 3.63) is 167 Å². The van der Waals surface area contributed by atoms with E-state index in [1.165, 1.54) is 72.3 Å². The highest BCUT2D eigenvalue weighted by Crippen LogP contribution is 2.48. The van der Waals surface area contributed by atoms with Crippen LogP contribution in [0.15, 0.2) is 134 Å². The van der Waals surface area contributed by atoms with Gasteiger partial charge in [-0.15, -0.1) is 0 Å². The fourth-order valence-corrected chi connectivity index (χ4v) is 9.83. The Morgan fingerprint density at radius 3 is 1.37 bits per heavy atom. The number of ether oxygens (including phenoxy) is 1. The zero-order valence-corrected chi connectivity index (χ0v) is 46.1. The van der Waals surface area contributed by atoms with E-state index in [0.29, 0.717) is 6.67 Å². The van der Waals surface area contributed by atoms with E-state index in [1.54, 1.807) is 0 Å². The van der Waals surface area contributed by atoms with Crippen molar-refractivity contribution in [2.75, 3.05) is 16.5 Å². The number of aromatic nitrogens is 2. The Morgan fingerprint density at radius 1 is 0.380 bits per heavy atom. The largest absolute Gasteiger partial charge is 0.457 e. The molecule has 0 fully saturated rings. The topological polar surface area (TPSA) is 33.5 Å². The molecule has 368 valence electrons. The fraction of sp³-hybridized carbons (Fsp3) is 0.379. The van der Waals surface area contributed by atoms with Gasteiger partial charge < -0.3 is 14.5 Å². The van der Waals surface area contributed by atoms with Crippen molar-refractivity contribution < 1.29 is 4.74 Å². The molecule has 0 atom stereocenters. The normalized spacial score (nSPS) is 13.9. The molecule has 0 N–H and O–H groups in total. The summed E-state index contributed by atoms with van der Waals surface area (Å²) >= 11 is 0. The van der Waals surface area contributed by atoms with Gasteiger partial charge in [-0.05, 0) is 144 Å². The molecule has 1 aliphatic rings. The number of hydrogen-bond acceptors (Lipinski definition) is 4. The summed E-state index contributed by atoms with van der Waals surface area (Å²) in [6.45, 7) is 42.0. The van der Waals surface area contributed by atoms with Gasteiger partial charge in [0.25, 0.3) is 0 Å². The molecule has 5 nitrogen and oxygen atoms in total. The molecule has 0 unspecified atom stereocenters. The van der Waals surface area contributed by atoms with Gasteiger partial charge in [-0.1, -0.05) is 173 Å². The summed E-state index contributed by atoms with van der Waals surface area (Å²) in [4.78, 5) is 9.97. The van der Waals surface area contributed by atoms with Gasteiger partial charge >= 0.3 is 0 Å². The molecule has 0 amide bonds. The summed E-state index contributed by atoms with van der Waals surface area (Å²) in [6.07, 6.45) is 1.95. The second-order valence-electron chi connectivity index (χ2n) is 26.5. The summed E-state index contributed by atoms with van der Waals surface area (Å²) in [5.74, 6) is 2.49. The number of fused-ring (bicyclic) bond motifs is 4. The minimum Gasteiger partial charge on any atom is -0.457 e. The molecule has 2 aromatic heterocycles. The maximum Gasteiger partial charge on any atom is 0.137 e. The van der Waals surface area contributed by atoms with Crippen molar-refractivity contribution in [3.8, 4) is 28.4 Å². The number of benzene rings is 6. The van der Waals surface area contributed by atoms with Gasteiger partial charge in [-0.2, -0.15) is 0 Å². The Balaban J connectivity index is 1.15. The molecular formula is C66H78N4O. The van der Waals surface area contributed by atoms with Crippen LogP contribution in [0.1, 0.15) is 158 Å². The van der Waals surface area contributed by atoms with Gasteiger partial charge in [0.05, 0.1) is 22.4 Å². The number of nitrogens with zero attached hydrogens (tertiary/aromatic N) is 4. The van der Waals surface area contributed by atoms with Gasteiger partial charge in [0.15, 0.2) is 0 Å². The predicted octanol–water partition coefficient (Wildman–Crippen LogP) is 18.7. The van der Waals surface area contributed by atoms with E-state index in [1.807, 2.05) is 6.20 Å². The molecule has 1 aliphatic heterocycles. The minimum absolute atomic E-state index is 0.0123. The van der Waals surface area contributed by atoms with E-state index in [2.05, 4.69) is 266 Å². The number of pyridine rings is 1. The van der Waals surface area contributed by atoms with Crippen molar-refractivity contribution in [2.45, 2.75) is 157 Å². The number of anilines is 4. The predicted molar refractivity (Wildman–Crippen MR) is 305 cm³/mol. The zero-order chi connectivity index (χ0) is 51.4. The maximum absolute atomic E-state index is 7.08. The Hall–Kier alpha value is -6.33. The molecule has 6 aromatic carbocycles. The average Bonchev–Trinajstić information content (AvgIpc) is 3.83. The SMILES string of the molecule is CC(C)(C)c1cc(Oc2ccc3c4ccc(C(C)(C)C)cc4n(-c4cc(C(C)(C)C)ccn4)c3c2)cc(N2CN(c3cc(-c4cc(C(C)(C)C)cc(C(C)(C)C)c4)cc(C(C)(C)C)c3)c3ccccc32)c1. The van der Waals surface area contributed by atoms with Crippen LogP contribution in [0.5, 0.6) is 11.5 Å². The van der Waals surface area contributed by atoms with Crippen LogP contribution in [0, 0.1) is 0 Å². The van der Waals surface area contributed by atoms with Crippen LogP contribution in [-0.2, 0) is 32.5 Å². The van der Waals surface area contributed by atoms with Crippen molar-refractivity contribution in [1.82, 2.24) is 9.55 Å². The molecule has 5 heteroatoms. The van der Waals surface area contributed by atoms with Crippen LogP contribution in [0.25, 0.3) is 38.8 Å². The molecule has 0 saturated heterocycles. The smallest absolute Gasteiger partial charge is 0.137 e. The first-order valence-electron chi connectivity index (χ1n) is 25.8. The lowest BCUT2D eigenvalue weighted by molar-refractivity contribution is 0.479. The summed E-state index contributed by atoms with van der Waals surface area (Å²) in [7, 11) is 0. The van der Waals surface area contributed by atoms with E-state index in [4.69, 9.17) is 9.72 Å². The van der Waals surface area contributed by atoms with Crippen molar-refractivity contribution >= 4 is 44.6 Å². The highest BCUT2D eigenvalue weighted by Gasteiger charge is 2.32. The van der Waals surface area contributed by atoms with Gasteiger partial charge in [-0.3, -0.25) is 4.57 Å². The Labute approximate surface area is 425 Å². The second kappa shape index (κ2) is 17.2. The zero-order valence-electron chi connectivity index (χ0n) is 46.1. The van der Waals surface area contributed by atoms with Crippen molar-refractivity contribution in [3.63, 3.8) is 0 Å².